The van der Waals surface area contributed by atoms with Crippen molar-refractivity contribution in [2.24, 2.45) is 0 Å². The average molecular weight is 358 g/mol. The van der Waals surface area contributed by atoms with E-state index in [-0.39, 0.29) is 25.1 Å². The second-order valence-corrected chi connectivity index (χ2v) is 7.16. The summed E-state index contributed by atoms with van der Waals surface area (Å²) in [6.07, 6.45) is -0.221. The van der Waals surface area contributed by atoms with E-state index in [2.05, 4.69) is 10.6 Å². The molecule has 1 aromatic carbocycles. The summed E-state index contributed by atoms with van der Waals surface area (Å²) in [5.41, 5.74) is -5.26. The standard InChI is InChI=1S/C13H15F5N2O2S/c14-12(15)6-8-19-7-5-11(12)20-9-1-3-10(4-2-9)23(21,22)13(16,17)18/h1-4,11,19-20H,5-8H2. The fraction of sp³-hybridized carbons (Fsp3) is 0.538. The molecule has 23 heavy (non-hydrogen) atoms. The number of anilines is 1. The lowest BCUT2D eigenvalue weighted by Crippen LogP contribution is -2.39. The summed E-state index contributed by atoms with van der Waals surface area (Å²) in [5, 5.41) is 5.40. The summed E-state index contributed by atoms with van der Waals surface area (Å²) in [5.74, 6) is -2.97. The van der Waals surface area contributed by atoms with Gasteiger partial charge >= 0.3 is 5.51 Å². The molecule has 1 aliphatic heterocycles. The molecule has 0 aliphatic carbocycles. The smallest absolute Gasteiger partial charge is 0.376 e. The van der Waals surface area contributed by atoms with Gasteiger partial charge in [0.25, 0.3) is 15.8 Å². The second-order valence-electron chi connectivity index (χ2n) is 5.22. The molecule has 1 atom stereocenters. The van der Waals surface area contributed by atoms with Gasteiger partial charge < -0.3 is 10.6 Å². The van der Waals surface area contributed by atoms with Crippen LogP contribution in [0.3, 0.4) is 0 Å². The maximum absolute atomic E-state index is 13.9. The monoisotopic (exact) mass is 358 g/mol. The van der Waals surface area contributed by atoms with Gasteiger partial charge in [0, 0.05) is 18.7 Å². The van der Waals surface area contributed by atoms with Crippen molar-refractivity contribution in [3.05, 3.63) is 24.3 Å². The number of nitrogens with one attached hydrogen (secondary N) is 2. The zero-order chi connectivity index (χ0) is 17.3. The summed E-state index contributed by atoms with van der Waals surface area (Å²) in [6, 6.07) is 2.42. The Morgan fingerprint density at radius 3 is 2.30 bits per heavy atom. The molecule has 1 aliphatic rings. The van der Waals surface area contributed by atoms with E-state index >= 15 is 0 Å². The van der Waals surface area contributed by atoms with Crippen LogP contribution in [0.15, 0.2) is 29.2 Å². The lowest BCUT2D eigenvalue weighted by Gasteiger charge is -2.26. The van der Waals surface area contributed by atoms with Crippen molar-refractivity contribution in [1.82, 2.24) is 5.32 Å². The maximum Gasteiger partial charge on any atom is 0.501 e. The van der Waals surface area contributed by atoms with E-state index in [1.165, 1.54) is 0 Å². The van der Waals surface area contributed by atoms with Gasteiger partial charge in [0.15, 0.2) is 0 Å². The first-order valence-electron chi connectivity index (χ1n) is 6.80. The molecule has 0 radical (unpaired) electrons. The van der Waals surface area contributed by atoms with Gasteiger partial charge in [0.1, 0.15) is 0 Å². The molecule has 0 spiro atoms. The molecule has 1 fully saturated rings. The topological polar surface area (TPSA) is 58.2 Å². The molecular weight excluding hydrogens is 343 g/mol. The summed E-state index contributed by atoms with van der Waals surface area (Å²) in [4.78, 5) is -0.926. The number of sulfone groups is 1. The first kappa shape index (κ1) is 17.9. The predicted molar refractivity (Wildman–Crippen MR) is 74.1 cm³/mol. The Hall–Kier alpha value is -1.42. The third-order valence-corrected chi connectivity index (χ3v) is 5.07. The van der Waals surface area contributed by atoms with Crippen LogP contribution in [-0.2, 0) is 9.84 Å². The molecule has 1 heterocycles. The molecule has 1 saturated heterocycles. The zero-order valence-electron chi connectivity index (χ0n) is 11.8. The van der Waals surface area contributed by atoms with E-state index in [1.54, 1.807) is 0 Å². The minimum Gasteiger partial charge on any atom is -0.376 e. The number of hydrogen-bond acceptors (Lipinski definition) is 4. The average Bonchev–Trinajstić information content (AvgIpc) is 2.60. The largest absolute Gasteiger partial charge is 0.501 e. The van der Waals surface area contributed by atoms with Gasteiger partial charge in [-0.15, -0.1) is 0 Å². The summed E-state index contributed by atoms with van der Waals surface area (Å²) < 4.78 is 87.5. The van der Waals surface area contributed by atoms with Crippen molar-refractivity contribution in [3.8, 4) is 0 Å². The quantitative estimate of drug-likeness (QED) is 0.816. The molecule has 2 N–H and O–H groups in total. The molecule has 1 unspecified atom stereocenters. The molecule has 0 saturated carbocycles. The lowest BCUT2D eigenvalue weighted by molar-refractivity contribution is -0.0436. The van der Waals surface area contributed by atoms with Crippen molar-refractivity contribution < 1.29 is 30.4 Å². The van der Waals surface area contributed by atoms with E-state index in [0.29, 0.717) is 6.54 Å². The molecule has 0 bridgehead atoms. The first-order chi connectivity index (χ1) is 10.5. The van der Waals surface area contributed by atoms with Crippen LogP contribution >= 0.6 is 0 Å². The fourth-order valence-electron chi connectivity index (χ4n) is 2.25. The highest BCUT2D eigenvalue weighted by molar-refractivity contribution is 7.92. The highest BCUT2D eigenvalue weighted by atomic mass is 32.2. The molecule has 10 heteroatoms. The van der Waals surface area contributed by atoms with Gasteiger partial charge in [0.05, 0.1) is 10.9 Å². The van der Waals surface area contributed by atoms with E-state index in [0.717, 1.165) is 24.3 Å². The van der Waals surface area contributed by atoms with Crippen molar-refractivity contribution in [2.75, 3.05) is 18.4 Å². The Kier molecular flexibility index (Phi) is 4.86. The normalized spacial score (nSPS) is 22.4. The summed E-state index contributed by atoms with van der Waals surface area (Å²) in [6.45, 7) is 0.557. The Bertz CT molecular complexity index is 643. The fourth-order valence-corrected chi connectivity index (χ4v) is 3.02. The van der Waals surface area contributed by atoms with Crippen molar-refractivity contribution in [2.45, 2.75) is 35.2 Å². The number of hydrogen-bond donors (Lipinski definition) is 2. The van der Waals surface area contributed by atoms with Crippen LogP contribution in [0, 0.1) is 0 Å². The van der Waals surface area contributed by atoms with Crippen molar-refractivity contribution in [1.29, 1.82) is 0 Å². The first-order valence-corrected chi connectivity index (χ1v) is 8.29. The van der Waals surface area contributed by atoms with Gasteiger partial charge in [-0.1, -0.05) is 0 Å². The van der Waals surface area contributed by atoms with E-state index in [1.807, 2.05) is 0 Å². The summed E-state index contributed by atoms with van der Waals surface area (Å²) >= 11 is 0. The Labute approximate surface area is 130 Å². The predicted octanol–water partition coefficient (Wildman–Crippen LogP) is 2.78. The maximum atomic E-state index is 13.9. The van der Waals surface area contributed by atoms with Gasteiger partial charge in [-0.3, -0.25) is 0 Å². The third kappa shape index (κ3) is 3.92. The number of halogens is 5. The van der Waals surface area contributed by atoms with E-state index < -0.39 is 32.2 Å². The minimum absolute atomic E-state index is 0.135. The van der Waals surface area contributed by atoms with Crippen LogP contribution < -0.4 is 10.6 Å². The highest BCUT2D eigenvalue weighted by Gasteiger charge is 2.47. The van der Waals surface area contributed by atoms with Crippen LogP contribution in [0.1, 0.15) is 12.8 Å². The van der Waals surface area contributed by atoms with Gasteiger partial charge in [-0.25, -0.2) is 17.2 Å². The number of alkyl halides is 5. The Morgan fingerprint density at radius 1 is 1.13 bits per heavy atom. The van der Waals surface area contributed by atoms with Crippen LogP contribution in [0.5, 0.6) is 0 Å². The molecule has 4 nitrogen and oxygen atoms in total. The minimum atomic E-state index is -5.44. The van der Waals surface area contributed by atoms with E-state index in [4.69, 9.17) is 0 Å². The second kappa shape index (κ2) is 6.23. The third-order valence-electron chi connectivity index (χ3n) is 3.56. The lowest BCUT2D eigenvalue weighted by atomic mass is 10.0. The van der Waals surface area contributed by atoms with Crippen LogP contribution in [0.2, 0.25) is 0 Å². The Balaban J connectivity index is 2.17. The SMILES string of the molecule is O=S(=O)(c1ccc(NC2CCNCCC2(F)F)cc1)C(F)(F)F. The van der Waals surface area contributed by atoms with Gasteiger partial charge in [-0.2, -0.15) is 13.2 Å². The molecular formula is C13H15F5N2O2S. The van der Waals surface area contributed by atoms with Crippen LogP contribution in [0.25, 0.3) is 0 Å². The zero-order valence-corrected chi connectivity index (χ0v) is 12.6. The molecule has 130 valence electrons. The molecule has 1 aromatic rings. The number of rotatable bonds is 3. The van der Waals surface area contributed by atoms with Gasteiger partial charge in [0.2, 0.25) is 0 Å². The highest BCUT2D eigenvalue weighted by Crippen LogP contribution is 2.32. The molecule has 2 rings (SSSR count). The molecule has 0 amide bonds. The Morgan fingerprint density at radius 2 is 1.74 bits per heavy atom. The summed E-state index contributed by atoms with van der Waals surface area (Å²) in [7, 11) is -5.44. The van der Waals surface area contributed by atoms with Crippen molar-refractivity contribution in [3.63, 3.8) is 0 Å². The van der Waals surface area contributed by atoms with Crippen molar-refractivity contribution >= 4 is 15.5 Å². The molecule has 0 aromatic heterocycles. The number of benzene rings is 1. The van der Waals surface area contributed by atoms with E-state index in [9.17, 15) is 30.4 Å². The van der Waals surface area contributed by atoms with Crippen LogP contribution in [-0.4, -0.2) is 39.0 Å². The van der Waals surface area contributed by atoms with Crippen LogP contribution in [0.4, 0.5) is 27.6 Å². The van der Waals surface area contributed by atoms with Gasteiger partial charge in [-0.05, 0) is 37.2 Å².